The molecule has 0 spiro atoms. The molecule has 4 rings (SSSR count). The van der Waals surface area contributed by atoms with Gasteiger partial charge < -0.3 is 24.3 Å². The Labute approximate surface area is 169 Å². The predicted molar refractivity (Wildman–Crippen MR) is 111 cm³/mol. The first-order chi connectivity index (χ1) is 13.6. The highest BCUT2D eigenvalue weighted by molar-refractivity contribution is 7.80. The van der Waals surface area contributed by atoms with Crippen molar-refractivity contribution in [3.8, 4) is 0 Å². The fourth-order valence-corrected chi connectivity index (χ4v) is 4.35. The minimum absolute atomic E-state index is 0.0360. The summed E-state index contributed by atoms with van der Waals surface area (Å²) in [5.41, 5.74) is 4.44. The highest BCUT2D eigenvalue weighted by Gasteiger charge is 2.41. The second kappa shape index (κ2) is 7.77. The molecule has 1 fully saturated rings. The number of thiocarbonyl (C=S) groups is 1. The van der Waals surface area contributed by atoms with Crippen LogP contribution in [0.2, 0.25) is 0 Å². The Bertz CT molecular complexity index is 952. The van der Waals surface area contributed by atoms with Crippen molar-refractivity contribution in [2.24, 2.45) is 0 Å². The molecule has 1 aliphatic heterocycles. The van der Waals surface area contributed by atoms with Gasteiger partial charge in [-0.2, -0.15) is 0 Å². The summed E-state index contributed by atoms with van der Waals surface area (Å²) in [6.45, 7) is 5.43. The van der Waals surface area contributed by atoms with Crippen molar-refractivity contribution in [1.29, 1.82) is 0 Å². The van der Waals surface area contributed by atoms with E-state index >= 15 is 0 Å². The van der Waals surface area contributed by atoms with E-state index in [1.165, 1.54) is 5.56 Å². The molecule has 28 heavy (non-hydrogen) atoms. The maximum absolute atomic E-state index is 9.60. The molecule has 0 radical (unpaired) electrons. The van der Waals surface area contributed by atoms with Crippen molar-refractivity contribution >= 4 is 17.3 Å². The number of aromatic nitrogens is 2. The molecule has 3 aromatic rings. The van der Waals surface area contributed by atoms with Crippen LogP contribution in [0.4, 0.5) is 0 Å². The van der Waals surface area contributed by atoms with Crippen LogP contribution in [0, 0.1) is 13.8 Å². The van der Waals surface area contributed by atoms with Gasteiger partial charge in [0.15, 0.2) is 5.11 Å². The van der Waals surface area contributed by atoms with Crippen molar-refractivity contribution in [2.75, 3.05) is 13.2 Å². The summed E-state index contributed by atoms with van der Waals surface area (Å²) in [5, 5.41) is 13.7. The van der Waals surface area contributed by atoms with Gasteiger partial charge in [-0.05, 0) is 62.0 Å². The molecule has 1 saturated heterocycles. The van der Waals surface area contributed by atoms with Gasteiger partial charge in [0.05, 0.1) is 37.2 Å². The summed E-state index contributed by atoms with van der Waals surface area (Å²) in [6, 6.07) is 11.9. The van der Waals surface area contributed by atoms with Crippen LogP contribution >= 0.6 is 12.2 Å². The first-order valence-electron chi connectivity index (χ1n) is 9.38. The molecule has 0 amide bonds. The van der Waals surface area contributed by atoms with Gasteiger partial charge in [-0.1, -0.05) is 6.07 Å². The second-order valence-corrected chi connectivity index (χ2v) is 7.42. The Kier molecular flexibility index (Phi) is 5.19. The van der Waals surface area contributed by atoms with Gasteiger partial charge in [-0.25, -0.2) is 0 Å². The number of furan rings is 1. The van der Waals surface area contributed by atoms with Gasteiger partial charge in [-0.3, -0.25) is 4.98 Å². The predicted octanol–water partition coefficient (Wildman–Crippen LogP) is 3.11. The maximum atomic E-state index is 9.60. The molecule has 146 valence electrons. The quantitative estimate of drug-likeness (QED) is 0.624. The SMILES string of the molecule is Cc1cc([C@@H]2[C@H](c3ccccn3)NC(=S)N2CCO)c(C)n1Cc1ccco1. The molecule has 4 heterocycles. The van der Waals surface area contributed by atoms with E-state index in [2.05, 4.69) is 39.7 Å². The van der Waals surface area contributed by atoms with E-state index in [1.807, 2.05) is 30.3 Å². The fourth-order valence-electron chi connectivity index (χ4n) is 4.02. The van der Waals surface area contributed by atoms with Crippen molar-refractivity contribution < 1.29 is 9.52 Å². The van der Waals surface area contributed by atoms with Gasteiger partial charge in [0, 0.05) is 24.1 Å². The normalized spacial score (nSPS) is 19.2. The van der Waals surface area contributed by atoms with Crippen LogP contribution in [-0.2, 0) is 6.54 Å². The van der Waals surface area contributed by atoms with Gasteiger partial charge in [0.2, 0.25) is 0 Å². The van der Waals surface area contributed by atoms with Crippen LogP contribution in [0.15, 0.2) is 53.3 Å². The number of aryl methyl sites for hydroxylation is 1. The summed E-state index contributed by atoms with van der Waals surface area (Å²) < 4.78 is 7.79. The van der Waals surface area contributed by atoms with Crippen molar-refractivity contribution in [3.05, 3.63) is 77.3 Å². The van der Waals surface area contributed by atoms with Crippen molar-refractivity contribution in [2.45, 2.75) is 32.5 Å². The zero-order valence-electron chi connectivity index (χ0n) is 16.0. The molecule has 0 saturated carbocycles. The minimum Gasteiger partial charge on any atom is -0.467 e. The fraction of sp³-hybridized carbons (Fsp3) is 0.333. The summed E-state index contributed by atoms with van der Waals surface area (Å²) in [7, 11) is 0. The van der Waals surface area contributed by atoms with Crippen molar-refractivity contribution in [3.63, 3.8) is 0 Å². The van der Waals surface area contributed by atoms with E-state index in [9.17, 15) is 5.11 Å². The zero-order chi connectivity index (χ0) is 19.7. The maximum Gasteiger partial charge on any atom is 0.170 e. The molecular weight excluding hydrogens is 372 g/mol. The summed E-state index contributed by atoms with van der Waals surface area (Å²) >= 11 is 5.59. The van der Waals surface area contributed by atoms with E-state index < -0.39 is 0 Å². The van der Waals surface area contributed by atoms with Crippen LogP contribution in [0.3, 0.4) is 0 Å². The molecule has 0 aromatic carbocycles. The Morgan fingerprint density at radius 1 is 1.25 bits per heavy atom. The zero-order valence-corrected chi connectivity index (χ0v) is 16.8. The number of nitrogens with zero attached hydrogens (tertiary/aromatic N) is 3. The largest absolute Gasteiger partial charge is 0.467 e. The topological polar surface area (TPSA) is 66.5 Å². The van der Waals surface area contributed by atoms with Crippen LogP contribution < -0.4 is 5.32 Å². The first-order valence-corrected chi connectivity index (χ1v) is 9.79. The third-order valence-corrected chi connectivity index (χ3v) is 5.72. The molecule has 3 aromatic heterocycles. The standard InChI is InChI=1S/C21H24N4O2S/c1-14-12-17(15(2)25(14)13-16-6-5-11-27-16)20-19(18-7-3-4-8-22-18)23-21(28)24(20)9-10-26/h3-8,11-12,19-20,26H,9-10,13H2,1-2H3,(H,23,28)/t19-,20+/m0/s1. The minimum atomic E-state index is -0.0715. The van der Waals surface area contributed by atoms with E-state index in [-0.39, 0.29) is 18.7 Å². The van der Waals surface area contributed by atoms with Crippen LogP contribution in [0.25, 0.3) is 0 Å². The summed E-state index contributed by atoms with van der Waals surface area (Å²) in [6.07, 6.45) is 3.50. The third kappa shape index (κ3) is 3.31. The Morgan fingerprint density at radius 3 is 2.79 bits per heavy atom. The molecule has 2 N–H and O–H groups in total. The second-order valence-electron chi connectivity index (χ2n) is 7.04. The number of pyridine rings is 1. The highest BCUT2D eigenvalue weighted by Crippen LogP contribution is 2.40. The molecular formula is C21H24N4O2S. The molecule has 7 heteroatoms. The van der Waals surface area contributed by atoms with E-state index in [4.69, 9.17) is 16.6 Å². The van der Waals surface area contributed by atoms with Crippen LogP contribution in [-0.4, -0.2) is 37.8 Å². The monoisotopic (exact) mass is 396 g/mol. The van der Waals surface area contributed by atoms with Gasteiger partial charge in [0.1, 0.15) is 5.76 Å². The van der Waals surface area contributed by atoms with Gasteiger partial charge in [-0.15, -0.1) is 0 Å². The number of nitrogens with one attached hydrogen (secondary N) is 1. The molecule has 0 aliphatic carbocycles. The van der Waals surface area contributed by atoms with E-state index in [1.54, 1.807) is 12.5 Å². The lowest BCUT2D eigenvalue weighted by atomic mass is 9.97. The Balaban J connectivity index is 1.76. The third-order valence-electron chi connectivity index (χ3n) is 5.36. The average Bonchev–Trinajstić information content (AvgIpc) is 3.39. The molecule has 6 nitrogen and oxygen atoms in total. The van der Waals surface area contributed by atoms with E-state index in [0.29, 0.717) is 18.2 Å². The molecule has 0 unspecified atom stereocenters. The number of β-amino-alcohol motifs (C(OH)–C–C–N with tert-alkyl or cyclic N) is 1. The Morgan fingerprint density at radius 2 is 2.11 bits per heavy atom. The highest BCUT2D eigenvalue weighted by atomic mass is 32.1. The summed E-state index contributed by atoms with van der Waals surface area (Å²) in [4.78, 5) is 6.62. The smallest absolute Gasteiger partial charge is 0.170 e. The number of aliphatic hydroxyl groups is 1. The Hall–Kier alpha value is -2.64. The molecule has 2 atom stereocenters. The van der Waals surface area contributed by atoms with Gasteiger partial charge >= 0.3 is 0 Å². The first kappa shape index (κ1) is 18.7. The number of hydrogen-bond acceptors (Lipinski definition) is 4. The number of rotatable bonds is 6. The van der Waals surface area contributed by atoms with E-state index in [0.717, 1.165) is 22.8 Å². The number of hydrogen-bond donors (Lipinski definition) is 2. The molecule has 0 bridgehead atoms. The lowest BCUT2D eigenvalue weighted by molar-refractivity contribution is 0.222. The van der Waals surface area contributed by atoms with Crippen molar-refractivity contribution in [1.82, 2.24) is 19.8 Å². The lowest BCUT2D eigenvalue weighted by Gasteiger charge is -2.27. The van der Waals surface area contributed by atoms with Crippen LogP contribution in [0.5, 0.6) is 0 Å². The lowest BCUT2D eigenvalue weighted by Crippen LogP contribution is -2.32. The molecule has 1 aliphatic rings. The summed E-state index contributed by atoms with van der Waals surface area (Å²) in [5.74, 6) is 0.918. The van der Waals surface area contributed by atoms with Gasteiger partial charge in [0.25, 0.3) is 0 Å². The average molecular weight is 397 g/mol. The van der Waals surface area contributed by atoms with Crippen LogP contribution in [0.1, 0.15) is 40.5 Å². The number of aliphatic hydroxyl groups excluding tert-OH is 1.